The molecule has 1 nitrogen and oxygen atoms in total. The minimum absolute atomic E-state index is 0.194. The van der Waals surface area contributed by atoms with Crippen molar-refractivity contribution in [3.05, 3.63) is 34.9 Å². The molecule has 1 atom stereocenters. The van der Waals surface area contributed by atoms with Crippen molar-refractivity contribution in [2.75, 3.05) is 0 Å². The summed E-state index contributed by atoms with van der Waals surface area (Å²) in [5, 5.41) is 9.80. The average molecular weight is 228 g/mol. The van der Waals surface area contributed by atoms with Crippen LogP contribution in [0.5, 0.6) is 0 Å². The van der Waals surface area contributed by atoms with Crippen molar-refractivity contribution in [3.63, 3.8) is 0 Å². The molecule has 3 heteroatoms. The SMILES string of the molecule is Cc1cc(C(O)CCC(C)C)c(F)cc1F. The lowest BCUT2D eigenvalue weighted by Crippen LogP contribution is -2.04. The van der Waals surface area contributed by atoms with Gasteiger partial charge in [0.05, 0.1) is 6.10 Å². The molecule has 90 valence electrons. The van der Waals surface area contributed by atoms with E-state index in [1.54, 1.807) is 6.92 Å². The van der Waals surface area contributed by atoms with E-state index >= 15 is 0 Å². The lowest BCUT2D eigenvalue weighted by Gasteiger charge is -2.14. The highest BCUT2D eigenvalue weighted by Gasteiger charge is 2.15. The molecule has 1 rings (SSSR count). The van der Waals surface area contributed by atoms with Gasteiger partial charge in [-0.15, -0.1) is 0 Å². The fourth-order valence-electron chi connectivity index (χ4n) is 1.58. The molecule has 0 saturated carbocycles. The summed E-state index contributed by atoms with van der Waals surface area (Å²) in [5.41, 5.74) is 0.555. The second kappa shape index (κ2) is 5.39. The third kappa shape index (κ3) is 3.27. The van der Waals surface area contributed by atoms with E-state index in [4.69, 9.17) is 0 Å². The van der Waals surface area contributed by atoms with E-state index in [-0.39, 0.29) is 5.56 Å². The average Bonchev–Trinajstić information content (AvgIpc) is 2.20. The van der Waals surface area contributed by atoms with E-state index in [0.29, 0.717) is 17.9 Å². The van der Waals surface area contributed by atoms with Gasteiger partial charge in [0.15, 0.2) is 0 Å². The summed E-state index contributed by atoms with van der Waals surface area (Å²) in [6, 6.07) is 2.22. The molecule has 0 aliphatic heterocycles. The van der Waals surface area contributed by atoms with Crippen molar-refractivity contribution in [2.24, 2.45) is 5.92 Å². The Kier molecular flexibility index (Phi) is 4.42. The molecule has 0 saturated heterocycles. The van der Waals surface area contributed by atoms with Crippen molar-refractivity contribution in [3.8, 4) is 0 Å². The molecule has 1 unspecified atom stereocenters. The quantitative estimate of drug-likeness (QED) is 0.832. The minimum Gasteiger partial charge on any atom is -0.388 e. The predicted octanol–water partition coefficient (Wildman–Crippen LogP) is 3.74. The summed E-state index contributed by atoms with van der Waals surface area (Å²) in [6.45, 7) is 5.64. The highest BCUT2D eigenvalue weighted by Crippen LogP contribution is 2.25. The zero-order valence-electron chi connectivity index (χ0n) is 9.93. The number of benzene rings is 1. The summed E-state index contributed by atoms with van der Waals surface area (Å²) in [7, 11) is 0. The monoisotopic (exact) mass is 228 g/mol. The summed E-state index contributed by atoms with van der Waals surface area (Å²) in [5.74, 6) is -0.782. The Morgan fingerprint density at radius 3 is 2.31 bits per heavy atom. The molecule has 1 aromatic carbocycles. The molecule has 0 amide bonds. The molecule has 0 aliphatic rings. The first kappa shape index (κ1) is 13.1. The van der Waals surface area contributed by atoms with Crippen LogP contribution in [0.1, 0.15) is 43.9 Å². The fourth-order valence-corrected chi connectivity index (χ4v) is 1.58. The van der Waals surface area contributed by atoms with Gasteiger partial charge in [-0.25, -0.2) is 8.78 Å². The number of hydrogen-bond donors (Lipinski definition) is 1. The van der Waals surface area contributed by atoms with E-state index in [0.717, 1.165) is 12.5 Å². The first-order valence-corrected chi connectivity index (χ1v) is 5.55. The Bertz CT molecular complexity index is 361. The molecule has 0 aliphatic carbocycles. The van der Waals surface area contributed by atoms with Gasteiger partial charge >= 0.3 is 0 Å². The van der Waals surface area contributed by atoms with Gasteiger partial charge in [-0.05, 0) is 37.3 Å². The number of aliphatic hydroxyl groups is 1. The Hall–Kier alpha value is -0.960. The summed E-state index contributed by atoms with van der Waals surface area (Å²) in [6.07, 6.45) is 0.471. The largest absolute Gasteiger partial charge is 0.388 e. The number of hydrogen-bond acceptors (Lipinski definition) is 1. The van der Waals surface area contributed by atoms with E-state index in [1.165, 1.54) is 6.07 Å². The number of rotatable bonds is 4. The molecular weight excluding hydrogens is 210 g/mol. The first-order chi connectivity index (χ1) is 7.41. The van der Waals surface area contributed by atoms with Gasteiger partial charge in [0.1, 0.15) is 11.6 Å². The highest BCUT2D eigenvalue weighted by atomic mass is 19.1. The maximum atomic E-state index is 13.4. The van der Waals surface area contributed by atoms with Crippen LogP contribution in [0.2, 0.25) is 0 Å². The van der Waals surface area contributed by atoms with Crippen LogP contribution in [0.4, 0.5) is 8.78 Å². The summed E-state index contributed by atoms with van der Waals surface area (Å²) < 4.78 is 26.4. The van der Waals surface area contributed by atoms with Crippen LogP contribution in [0.25, 0.3) is 0 Å². The van der Waals surface area contributed by atoms with Crippen molar-refractivity contribution >= 4 is 0 Å². The Morgan fingerprint density at radius 2 is 1.75 bits per heavy atom. The molecule has 0 aromatic heterocycles. The fraction of sp³-hybridized carbons (Fsp3) is 0.538. The number of aliphatic hydroxyl groups excluding tert-OH is 1. The van der Waals surface area contributed by atoms with E-state index in [2.05, 4.69) is 0 Å². The summed E-state index contributed by atoms with van der Waals surface area (Å²) in [4.78, 5) is 0. The first-order valence-electron chi connectivity index (χ1n) is 5.55. The number of halogens is 2. The maximum Gasteiger partial charge on any atom is 0.131 e. The molecule has 16 heavy (non-hydrogen) atoms. The topological polar surface area (TPSA) is 20.2 Å². The van der Waals surface area contributed by atoms with Gasteiger partial charge in [-0.1, -0.05) is 13.8 Å². The standard InChI is InChI=1S/C13H18F2O/c1-8(2)4-5-13(16)10-6-9(3)11(14)7-12(10)15/h6-8,13,16H,4-5H2,1-3H3. The van der Waals surface area contributed by atoms with Gasteiger partial charge in [-0.2, -0.15) is 0 Å². The Labute approximate surface area is 95.1 Å². The molecule has 0 heterocycles. The van der Waals surface area contributed by atoms with E-state index in [9.17, 15) is 13.9 Å². The van der Waals surface area contributed by atoms with Crippen molar-refractivity contribution < 1.29 is 13.9 Å². The van der Waals surface area contributed by atoms with Crippen molar-refractivity contribution in [2.45, 2.75) is 39.7 Å². The van der Waals surface area contributed by atoms with Crippen LogP contribution in [0.3, 0.4) is 0 Å². The van der Waals surface area contributed by atoms with E-state index < -0.39 is 17.7 Å². The zero-order valence-corrected chi connectivity index (χ0v) is 9.93. The zero-order chi connectivity index (χ0) is 12.3. The molecule has 0 radical (unpaired) electrons. The molecule has 0 fully saturated rings. The highest BCUT2D eigenvalue weighted by molar-refractivity contribution is 5.27. The molecule has 0 spiro atoms. The predicted molar refractivity (Wildman–Crippen MR) is 60.1 cm³/mol. The van der Waals surface area contributed by atoms with Crippen LogP contribution >= 0.6 is 0 Å². The van der Waals surface area contributed by atoms with Crippen LogP contribution in [-0.4, -0.2) is 5.11 Å². The van der Waals surface area contributed by atoms with Gasteiger partial charge in [0.25, 0.3) is 0 Å². The van der Waals surface area contributed by atoms with Crippen LogP contribution < -0.4 is 0 Å². The second-order valence-corrected chi connectivity index (χ2v) is 4.61. The third-order valence-electron chi connectivity index (χ3n) is 2.65. The Balaban J connectivity index is 2.82. The van der Waals surface area contributed by atoms with Crippen LogP contribution in [0, 0.1) is 24.5 Å². The van der Waals surface area contributed by atoms with Crippen molar-refractivity contribution in [1.29, 1.82) is 0 Å². The van der Waals surface area contributed by atoms with Gasteiger partial charge in [-0.3, -0.25) is 0 Å². The normalized spacial score (nSPS) is 13.2. The molecule has 1 N–H and O–H groups in total. The van der Waals surface area contributed by atoms with E-state index in [1.807, 2.05) is 13.8 Å². The van der Waals surface area contributed by atoms with Crippen LogP contribution in [0.15, 0.2) is 12.1 Å². The lowest BCUT2D eigenvalue weighted by molar-refractivity contribution is 0.154. The van der Waals surface area contributed by atoms with Gasteiger partial charge < -0.3 is 5.11 Å². The van der Waals surface area contributed by atoms with Gasteiger partial charge in [0, 0.05) is 11.6 Å². The van der Waals surface area contributed by atoms with Gasteiger partial charge in [0.2, 0.25) is 0 Å². The lowest BCUT2D eigenvalue weighted by atomic mass is 9.98. The Morgan fingerprint density at radius 1 is 1.12 bits per heavy atom. The smallest absolute Gasteiger partial charge is 0.131 e. The van der Waals surface area contributed by atoms with Crippen LogP contribution in [-0.2, 0) is 0 Å². The number of aryl methyl sites for hydroxylation is 1. The molecular formula is C13H18F2O. The summed E-state index contributed by atoms with van der Waals surface area (Å²) >= 11 is 0. The third-order valence-corrected chi connectivity index (χ3v) is 2.65. The molecule has 1 aromatic rings. The minimum atomic E-state index is -0.846. The molecule has 0 bridgehead atoms. The second-order valence-electron chi connectivity index (χ2n) is 4.61. The van der Waals surface area contributed by atoms with Crippen molar-refractivity contribution in [1.82, 2.24) is 0 Å². The maximum absolute atomic E-state index is 13.4.